The van der Waals surface area contributed by atoms with Gasteiger partial charge in [0, 0.05) is 49.5 Å². The molecular formula is C51H35N5. The van der Waals surface area contributed by atoms with Crippen molar-refractivity contribution in [2.24, 2.45) is 4.99 Å². The maximum absolute atomic E-state index is 5.23. The first kappa shape index (κ1) is 31.2. The zero-order valence-corrected chi connectivity index (χ0v) is 30.4. The first-order valence-corrected chi connectivity index (χ1v) is 19.3. The first-order valence-electron chi connectivity index (χ1n) is 19.3. The zero-order valence-electron chi connectivity index (χ0n) is 30.4. The van der Waals surface area contributed by atoms with E-state index in [0.717, 1.165) is 22.6 Å². The molecule has 264 valence electrons. The number of amidine groups is 1. The van der Waals surface area contributed by atoms with E-state index in [2.05, 4.69) is 208 Å². The van der Waals surface area contributed by atoms with E-state index < -0.39 is 0 Å². The fourth-order valence-electron chi connectivity index (χ4n) is 9.29. The third kappa shape index (κ3) is 4.55. The van der Waals surface area contributed by atoms with Crippen LogP contribution in [-0.2, 0) is 0 Å². The molecule has 2 N–H and O–H groups in total. The summed E-state index contributed by atoms with van der Waals surface area (Å²) < 4.78 is 4.96. The second-order valence-corrected chi connectivity index (χ2v) is 14.8. The average molecular weight is 718 g/mol. The predicted octanol–water partition coefficient (Wildman–Crippen LogP) is 11.9. The summed E-state index contributed by atoms with van der Waals surface area (Å²) in [6, 6.07) is 68.0. The van der Waals surface area contributed by atoms with Crippen LogP contribution < -0.4 is 10.6 Å². The third-order valence-electron chi connectivity index (χ3n) is 11.7. The molecule has 2 unspecified atom stereocenters. The Morgan fingerprint density at radius 2 is 1.04 bits per heavy atom. The molecule has 5 nitrogen and oxygen atoms in total. The maximum Gasteiger partial charge on any atom is 0.131 e. The van der Waals surface area contributed by atoms with Gasteiger partial charge in [0.2, 0.25) is 0 Å². The second kappa shape index (κ2) is 12.2. The Bertz CT molecular complexity index is 3190. The smallest absolute Gasteiger partial charge is 0.131 e. The van der Waals surface area contributed by atoms with Gasteiger partial charge in [-0.2, -0.15) is 0 Å². The summed E-state index contributed by atoms with van der Waals surface area (Å²) in [4.78, 5) is 5.23. The quantitative estimate of drug-likeness (QED) is 0.190. The van der Waals surface area contributed by atoms with Crippen molar-refractivity contribution < 1.29 is 0 Å². The van der Waals surface area contributed by atoms with Gasteiger partial charge in [-0.15, -0.1) is 0 Å². The molecule has 2 aliphatic rings. The molecule has 0 aliphatic carbocycles. The standard InChI is InChI=1S/C51H35N5/c1-3-14-32(15-4-1)49-52-50(33-16-5-2-6-17-33)54-51(53-49)34-26-28-35(29-27-34)55-43-23-10-8-20-38(43)41-31-30-39-36-18-7-11-24-44(36)56-45-25-12-9-19-37(45)40-21-13-22-42(47(40)56)46(39)48(41)55/h1-31,49-50,52H,(H,53,54). The van der Waals surface area contributed by atoms with E-state index in [1.807, 2.05) is 0 Å². The van der Waals surface area contributed by atoms with Crippen LogP contribution in [0.3, 0.4) is 0 Å². The van der Waals surface area contributed by atoms with Crippen LogP contribution in [0.15, 0.2) is 193 Å². The van der Waals surface area contributed by atoms with Gasteiger partial charge in [0.15, 0.2) is 0 Å². The van der Waals surface area contributed by atoms with Gasteiger partial charge in [0.05, 0.1) is 27.8 Å². The highest BCUT2D eigenvalue weighted by molar-refractivity contribution is 6.22. The third-order valence-corrected chi connectivity index (χ3v) is 11.7. The largest absolute Gasteiger partial charge is 0.350 e. The number of hydrogen-bond acceptors (Lipinski definition) is 3. The van der Waals surface area contributed by atoms with Crippen molar-refractivity contribution in [3.8, 4) is 33.6 Å². The summed E-state index contributed by atoms with van der Waals surface area (Å²) in [6.07, 6.45) is -0.283. The molecule has 0 saturated carbocycles. The SMILES string of the molecule is c1ccc(C2N=C(c3ccc(-n4c5ccccc5c5ccc6c(c54)-c4cccc5c7ccccc7n(c45)-c4ccccc4-6)cc3)NC(c3ccccc3)N2)cc1. The molecule has 0 fully saturated rings. The van der Waals surface area contributed by atoms with Crippen molar-refractivity contribution in [1.29, 1.82) is 0 Å². The number of aromatic nitrogens is 2. The first-order chi connectivity index (χ1) is 27.8. The minimum atomic E-state index is -0.189. The molecule has 2 atom stereocenters. The predicted molar refractivity (Wildman–Crippen MR) is 231 cm³/mol. The molecule has 12 rings (SSSR count). The molecule has 0 amide bonds. The van der Waals surface area contributed by atoms with Crippen LogP contribution in [0.25, 0.3) is 77.2 Å². The van der Waals surface area contributed by atoms with Gasteiger partial charge in [-0.05, 0) is 59.2 Å². The summed E-state index contributed by atoms with van der Waals surface area (Å²) in [7, 11) is 0. The van der Waals surface area contributed by atoms with Crippen LogP contribution in [-0.4, -0.2) is 15.0 Å². The van der Waals surface area contributed by atoms with Crippen LogP contribution >= 0.6 is 0 Å². The minimum absolute atomic E-state index is 0.0949. The highest BCUT2D eigenvalue weighted by atomic mass is 15.3. The highest BCUT2D eigenvalue weighted by Crippen LogP contribution is 2.50. The van der Waals surface area contributed by atoms with E-state index in [1.165, 1.54) is 77.1 Å². The van der Waals surface area contributed by atoms with Crippen LogP contribution in [0, 0.1) is 0 Å². The van der Waals surface area contributed by atoms with Crippen molar-refractivity contribution in [3.05, 3.63) is 205 Å². The number of fused-ring (bicyclic) bond motifs is 12. The Labute approximate surface area is 323 Å². The Kier molecular flexibility index (Phi) is 6.76. The van der Waals surface area contributed by atoms with E-state index in [1.54, 1.807) is 0 Å². The van der Waals surface area contributed by atoms with E-state index in [0.29, 0.717) is 0 Å². The van der Waals surface area contributed by atoms with Crippen molar-refractivity contribution in [1.82, 2.24) is 19.8 Å². The number of aliphatic imine (C=N–C) groups is 1. The molecule has 2 aromatic heterocycles. The zero-order chi connectivity index (χ0) is 36.7. The lowest BCUT2D eigenvalue weighted by atomic mass is 9.91. The Balaban J connectivity index is 1.08. The molecule has 4 heterocycles. The number of hydrogen-bond donors (Lipinski definition) is 2. The molecule has 5 heteroatoms. The lowest BCUT2D eigenvalue weighted by molar-refractivity contribution is 0.409. The summed E-state index contributed by atoms with van der Waals surface area (Å²) in [5, 5.41) is 12.4. The van der Waals surface area contributed by atoms with E-state index >= 15 is 0 Å². The number of para-hydroxylation sites is 4. The van der Waals surface area contributed by atoms with Crippen LogP contribution in [0.5, 0.6) is 0 Å². The van der Waals surface area contributed by atoms with Crippen LogP contribution in [0.2, 0.25) is 0 Å². The topological polar surface area (TPSA) is 46.3 Å². The number of nitrogens with zero attached hydrogens (tertiary/aromatic N) is 3. The van der Waals surface area contributed by atoms with Gasteiger partial charge in [-0.1, -0.05) is 146 Å². The van der Waals surface area contributed by atoms with Gasteiger partial charge >= 0.3 is 0 Å². The molecular weight excluding hydrogens is 683 g/mol. The average Bonchev–Trinajstić information content (AvgIpc) is 3.75. The molecule has 56 heavy (non-hydrogen) atoms. The Morgan fingerprint density at radius 1 is 0.429 bits per heavy atom. The fourth-order valence-corrected chi connectivity index (χ4v) is 9.29. The molecule has 0 saturated heterocycles. The van der Waals surface area contributed by atoms with Gasteiger partial charge < -0.3 is 14.5 Å². The van der Waals surface area contributed by atoms with Gasteiger partial charge in [-0.25, -0.2) is 4.99 Å². The van der Waals surface area contributed by atoms with Crippen molar-refractivity contribution in [3.63, 3.8) is 0 Å². The Morgan fingerprint density at radius 3 is 1.80 bits per heavy atom. The summed E-state index contributed by atoms with van der Waals surface area (Å²) in [5.74, 6) is 0.866. The minimum Gasteiger partial charge on any atom is -0.350 e. The second-order valence-electron chi connectivity index (χ2n) is 14.8. The number of rotatable bonds is 4. The maximum atomic E-state index is 5.23. The normalized spacial score (nSPS) is 16.0. The molecule has 0 bridgehead atoms. The van der Waals surface area contributed by atoms with Crippen molar-refractivity contribution in [2.45, 2.75) is 12.3 Å². The lowest BCUT2D eigenvalue weighted by Crippen LogP contribution is -2.44. The van der Waals surface area contributed by atoms with Crippen LogP contribution in [0.1, 0.15) is 29.0 Å². The highest BCUT2D eigenvalue weighted by Gasteiger charge is 2.29. The number of nitrogens with one attached hydrogen (secondary N) is 2. The molecule has 2 aliphatic heterocycles. The summed E-state index contributed by atoms with van der Waals surface area (Å²) in [5.41, 5.74) is 15.5. The molecule has 10 aromatic rings. The lowest BCUT2D eigenvalue weighted by Gasteiger charge is -2.32. The van der Waals surface area contributed by atoms with E-state index in [9.17, 15) is 0 Å². The molecule has 0 radical (unpaired) electrons. The number of benzene rings is 8. The summed E-state index contributed by atoms with van der Waals surface area (Å²) >= 11 is 0. The van der Waals surface area contributed by atoms with E-state index in [4.69, 9.17) is 4.99 Å². The van der Waals surface area contributed by atoms with E-state index in [-0.39, 0.29) is 12.3 Å². The van der Waals surface area contributed by atoms with Gasteiger partial charge in [0.1, 0.15) is 18.2 Å². The van der Waals surface area contributed by atoms with Gasteiger partial charge in [-0.3, -0.25) is 5.32 Å². The molecule has 0 spiro atoms. The van der Waals surface area contributed by atoms with Crippen molar-refractivity contribution >= 4 is 49.4 Å². The van der Waals surface area contributed by atoms with Crippen molar-refractivity contribution in [2.75, 3.05) is 0 Å². The fraction of sp³-hybridized carbons (Fsp3) is 0.0392. The Hall–Kier alpha value is -7.21. The molecule has 8 aromatic carbocycles. The monoisotopic (exact) mass is 717 g/mol. The van der Waals surface area contributed by atoms with Crippen LogP contribution in [0.4, 0.5) is 0 Å². The van der Waals surface area contributed by atoms with Gasteiger partial charge in [0.25, 0.3) is 0 Å². The summed E-state index contributed by atoms with van der Waals surface area (Å²) in [6.45, 7) is 0.